The lowest BCUT2D eigenvalue weighted by Gasteiger charge is -2.20. The summed E-state index contributed by atoms with van der Waals surface area (Å²) in [4.78, 5) is 2.50. The normalized spacial score (nSPS) is 14.4. The summed E-state index contributed by atoms with van der Waals surface area (Å²) in [6, 6.07) is 6.74. The standard InChI is InChI=1S/C13H20N2/c1-3-15-10-8-12-6-4-5-11(13(12)15)7-9-14-2/h4-6,14H,3,7-10H2,1-2H3. The predicted octanol–water partition coefficient (Wildman–Crippen LogP) is 1.83. The van der Waals surface area contributed by atoms with Crippen LogP contribution in [0.1, 0.15) is 18.1 Å². The molecule has 0 saturated heterocycles. The minimum Gasteiger partial charge on any atom is -0.371 e. The summed E-state index contributed by atoms with van der Waals surface area (Å²) in [5.74, 6) is 0. The molecule has 1 aliphatic heterocycles. The van der Waals surface area contributed by atoms with E-state index in [4.69, 9.17) is 0 Å². The van der Waals surface area contributed by atoms with Gasteiger partial charge >= 0.3 is 0 Å². The van der Waals surface area contributed by atoms with Crippen LogP contribution in [0.25, 0.3) is 0 Å². The number of para-hydroxylation sites is 1. The molecule has 82 valence electrons. The van der Waals surface area contributed by atoms with Gasteiger partial charge in [-0.15, -0.1) is 0 Å². The topological polar surface area (TPSA) is 15.3 Å². The Balaban J connectivity index is 2.27. The van der Waals surface area contributed by atoms with Gasteiger partial charge < -0.3 is 10.2 Å². The molecule has 2 heteroatoms. The fourth-order valence-electron chi connectivity index (χ4n) is 2.40. The van der Waals surface area contributed by atoms with Gasteiger partial charge in [0.1, 0.15) is 0 Å². The van der Waals surface area contributed by atoms with Crippen LogP contribution >= 0.6 is 0 Å². The highest BCUT2D eigenvalue weighted by Gasteiger charge is 2.19. The Morgan fingerprint density at radius 2 is 2.27 bits per heavy atom. The highest BCUT2D eigenvalue weighted by molar-refractivity contribution is 5.63. The van der Waals surface area contributed by atoms with Gasteiger partial charge in [0.15, 0.2) is 0 Å². The van der Waals surface area contributed by atoms with E-state index in [2.05, 4.69) is 35.3 Å². The third kappa shape index (κ3) is 2.00. The van der Waals surface area contributed by atoms with Crippen molar-refractivity contribution in [2.75, 3.05) is 31.6 Å². The SMILES string of the molecule is CCN1CCc2cccc(CCNC)c21. The molecule has 1 aliphatic rings. The van der Waals surface area contributed by atoms with Crippen LogP contribution in [0.3, 0.4) is 0 Å². The van der Waals surface area contributed by atoms with Crippen molar-refractivity contribution in [3.63, 3.8) is 0 Å². The molecule has 0 radical (unpaired) electrons. The summed E-state index contributed by atoms with van der Waals surface area (Å²) in [5.41, 5.74) is 4.54. The zero-order chi connectivity index (χ0) is 10.7. The molecule has 2 nitrogen and oxygen atoms in total. The zero-order valence-electron chi connectivity index (χ0n) is 9.71. The van der Waals surface area contributed by atoms with E-state index >= 15 is 0 Å². The van der Waals surface area contributed by atoms with E-state index in [0.29, 0.717) is 0 Å². The van der Waals surface area contributed by atoms with Gasteiger partial charge in [-0.1, -0.05) is 18.2 Å². The van der Waals surface area contributed by atoms with Gasteiger partial charge in [0.25, 0.3) is 0 Å². The Labute approximate surface area is 92.3 Å². The van der Waals surface area contributed by atoms with Gasteiger partial charge in [0.05, 0.1) is 0 Å². The minimum absolute atomic E-state index is 1.06. The van der Waals surface area contributed by atoms with Crippen LogP contribution in [-0.4, -0.2) is 26.7 Å². The minimum atomic E-state index is 1.06. The quantitative estimate of drug-likeness (QED) is 0.805. The first-order valence-electron chi connectivity index (χ1n) is 5.87. The van der Waals surface area contributed by atoms with Crippen LogP contribution in [0.5, 0.6) is 0 Å². The van der Waals surface area contributed by atoms with Crippen molar-refractivity contribution in [3.8, 4) is 0 Å². The number of anilines is 1. The van der Waals surface area contributed by atoms with Crippen molar-refractivity contribution in [2.45, 2.75) is 19.8 Å². The van der Waals surface area contributed by atoms with Gasteiger partial charge in [-0.25, -0.2) is 0 Å². The molecule has 1 aromatic rings. The molecule has 15 heavy (non-hydrogen) atoms. The van der Waals surface area contributed by atoms with E-state index in [-0.39, 0.29) is 0 Å². The van der Waals surface area contributed by atoms with Crippen molar-refractivity contribution in [2.24, 2.45) is 0 Å². The van der Waals surface area contributed by atoms with E-state index in [1.54, 1.807) is 0 Å². The van der Waals surface area contributed by atoms with Crippen LogP contribution in [-0.2, 0) is 12.8 Å². The summed E-state index contributed by atoms with van der Waals surface area (Å²) in [7, 11) is 2.01. The molecule has 0 fully saturated rings. The molecule has 0 saturated carbocycles. The number of hydrogen-bond donors (Lipinski definition) is 1. The predicted molar refractivity (Wildman–Crippen MR) is 65.7 cm³/mol. The van der Waals surface area contributed by atoms with Crippen molar-refractivity contribution >= 4 is 5.69 Å². The monoisotopic (exact) mass is 204 g/mol. The van der Waals surface area contributed by atoms with Gasteiger partial charge in [0.2, 0.25) is 0 Å². The van der Waals surface area contributed by atoms with Crippen LogP contribution in [0.2, 0.25) is 0 Å². The highest BCUT2D eigenvalue weighted by atomic mass is 15.1. The first-order chi connectivity index (χ1) is 7.36. The molecule has 0 aliphatic carbocycles. The maximum Gasteiger partial charge on any atom is 0.0432 e. The molecular formula is C13H20N2. The molecule has 0 bridgehead atoms. The summed E-state index contributed by atoms with van der Waals surface area (Å²) < 4.78 is 0. The number of fused-ring (bicyclic) bond motifs is 1. The maximum atomic E-state index is 3.22. The lowest BCUT2D eigenvalue weighted by Crippen LogP contribution is -2.21. The number of likely N-dealkylation sites (N-methyl/N-ethyl adjacent to an activating group) is 2. The van der Waals surface area contributed by atoms with Crippen molar-refractivity contribution in [3.05, 3.63) is 29.3 Å². The van der Waals surface area contributed by atoms with Crippen LogP contribution < -0.4 is 10.2 Å². The Kier molecular flexibility index (Phi) is 3.27. The Hall–Kier alpha value is -1.02. The second-order valence-electron chi connectivity index (χ2n) is 4.11. The number of rotatable bonds is 4. The lowest BCUT2D eigenvalue weighted by atomic mass is 10.0. The molecule has 2 rings (SSSR count). The van der Waals surface area contributed by atoms with Gasteiger partial charge in [-0.05, 0) is 44.5 Å². The third-order valence-corrected chi connectivity index (χ3v) is 3.20. The molecular weight excluding hydrogens is 184 g/mol. The average molecular weight is 204 g/mol. The Morgan fingerprint density at radius 3 is 3.00 bits per heavy atom. The van der Waals surface area contributed by atoms with Crippen molar-refractivity contribution < 1.29 is 0 Å². The summed E-state index contributed by atoms with van der Waals surface area (Å²) in [5, 5.41) is 3.22. The van der Waals surface area contributed by atoms with E-state index in [1.807, 2.05) is 7.05 Å². The van der Waals surface area contributed by atoms with Crippen molar-refractivity contribution in [1.29, 1.82) is 0 Å². The molecule has 0 unspecified atom stereocenters. The molecule has 0 spiro atoms. The average Bonchev–Trinajstić information content (AvgIpc) is 2.69. The van der Waals surface area contributed by atoms with E-state index in [1.165, 1.54) is 29.8 Å². The van der Waals surface area contributed by atoms with E-state index in [9.17, 15) is 0 Å². The smallest absolute Gasteiger partial charge is 0.0432 e. The van der Waals surface area contributed by atoms with E-state index < -0.39 is 0 Å². The Morgan fingerprint density at radius 1 is 1.40 bits per heavy atom. The largest absolute Gasteiger partial charge is 0.371 e. The van der Waals surface area contributed by atoms with Gasteiger partial charge in [0, 0.05) is 18.8 Å². The van der Waals surface area contributed by atoms with Gasteiger partial charge in [-0.2, -0.15) is 0 Å². The third-order valence-electron chi connectivity index (χ3n) is 3.20. The molecule has 0 aromatic heterocycles. The highest BCUT2D eigenvalue weighted by Crippen LogP contribution is 2.31. The van der Waals surface area contributed by atoms with Crippen LogP contribution in [0, 0.1) is 0 Å². The second kappa shape index (κ2) is 4.67. The number of benzene rings is 1. The molecule has 1 N–H and O–H groups in total. The second-order valence-corrected chi connectivity index (χ2v) is 4.11. The maximum absolute atomic E-state index is 3.22. The fraction of sp³-hybridized carbons (Fsp3) is 0.538. The molecule has 1 heterocycles. The van der Waals surface area contributed by atoms with Gasteiger partial charge in [-0.3, -0.25) is 0 Å². The molecule has 0 amide bonds. The number of hydrogen-bond acceptors (Lipinski definition) is 2. The molecule has 1 aromatic carbocycles. The fourth-order valence-corrected chi connectivity index (χ4v) is 2.40. The lowest BCUT2D eigenvalue weighted by molar-refractivity contribution is 0.786. The number of nitrogens with zero attached hydrogens (tertiary/aromatic N) is 1. The van der Waals surface area contributed by atoms with Crippen LogP contribution in [0.15, 0.2) is 18.2 Å². The first-order valence-corrected chi connectivity index (χ1v) is 5.87. The first kappa shape index (κ1) is 10.5. The summed E-state index contributed by atoms with van der Waals surface area (Å²) in [6.45, 7) is 5.63. The zero-order valence-corrected chi connectivity index (χ0v) is 9.71. The summed E-state index contributed by atoms with van der Waals surface area (Å²) >= 11 is 0. The van der Waals surface area contributed by atoms with Crippen molar-refractivity contribution in [1.82, 2.24) is 5.32 Å². The Bertz CT molecular complexity index is 333. The van der Waals surface area contributed by atoms with E-state index in [0.717, 1.165) is 19.5 Å². The summed E-state index contributed by atoms with van der Waals surface area (Å²) in [6.07, 6.45) is 2.35. The molecule has 0 atom stereocenters. The van der Waals surface area contributed by atoms with Crippen LogP contribution in [0.4, 0.5) is 5.69 Å². The number of nitrogens with one attached hydrogen (secondary N) is 1.